The minimum Gasteiger partial charge on any atom is -0.481 e. The van der Waals surface area contributed by atoms with E-state index in [1.165, 1.54) is 17.0 Å². The maximum absolute atomic E-state index is 13.4. The number of likely N-dealkylation sites (N-methyl/N-ethyl adjacent to an activating group) is 1. The maximum atomic E-state index is 13.4. The van der Waals surface area contributed by atoms with Crippen LogP contribution in [0.2, 0.25) is 0 Å². The van der Waals surface area contributed by atoms with Crippen LogP contribution in [0.15, 0.2) is 48.5 Å². The number of hydrogen-bond acceptors (Lipinski definition) is 3. The molecule has 0 N–H and O–H groups in total. The number of nitrogens with zero attached hydrogens (tertiary/aromatic N) is 2. The summed E-state index contributed by atoms with van der Waals surface area (Å²) in [6.45, 7) is 0.166. The van der Waals surface area contributed by atoms with Crippen molar-refractivity contribution in [3.8, 4) is 11.8 Å². The topological polar surface area (TPSA) is 53.3 Å². The summed E-state index contributed by atoms with van der Waals surface area (Å²) in [5, 5.41) is 8.74. The van der Waals surface area contributed by atoms with Crippen LogP contribution in [0.4, 0.5) is 4.39 Å². The van der Waals surface area contributed by atoms with Crippen molar-refractivity contribution >= 4 is 5.91 Å². The van der Waals surface area contributed by atoms with Crippen LogP contribution >= 0.6 is 0 Å². The normalized spacial score (nSPS) is 9.86. The van der Waals surface area contributed by atoms with Gasteiger partial charge in [-0.1, -0.05) is 24.3 Å². The van der Waals surface area contributed by atoms with E-state index in [4.69, 9.17) is 10.00 Å². The molecule has 0 heterocycles. The molecule has 2 aromatic rings. The number of para-hydroxylation sites is 1. The summed E-state index contributed by atoms with van der Waals surface area (Å²) in [5.74, 6) is -0.694. The Bertz CT molecular complexity index is 693. The molecule has 0 bridgehead atoms. The molecule has 2 aromatic carbocycles. The smallest absolute Gasteiger partial charge is 0.260 e. The van der Waals surface area contributed by atoms with Gasteiger partial charge in [0.15, 0.2) is 18.2 Å². The van der Waals surface area contributed by atoms with E-state index in [1.807, 2.05) is 6.07 Å². The Morgan fingerprint density at radius 3 is 2.55 bits per heavy atom. The fourth-order valence-corrected chi connectivity index (χ4v) is 1.86. The van der Waals surface area contributed by atoms with Crippen molar-refractivity contribution in [3.63, 3.8) is 0 Å². The maximum Gasteiger partial charge on any atom is 0.260 e. The number of amides is 1. The fraction of sp³-hybridized carbons (Fsp3) is 0.176. The van der Waals surface area contributed by atoms with Crippen molar-refractivity contribution in [2.24, 2.45) is 0 Å². The summed E-state index contributed by atoms with van der Waals surface area (Å²) in [6.07, 6.45) is 0. The second kappa shape index (κ2) is 7.23. The van der Waals surface area contributed by atoms with Gasteiger partial charge in [0, 0.05) is 13.6 Å². The van der Waals surface area contributed by atoms with E-state index in [-0.39, 0.29) is 18.3 Å². The highest BCUT2D eigenvalue weighted by atomic mass is 19.1. The molecule has 22 heavy (non-hydrogen) atoms. The summed E-state index contributed by atoms with van der Waals surface area (Å²) in [5.41, 5.74) is 1.47. The van der Waals surface area contributed by atoms with Gasteiger partial charge in [-0.2, -0.15) is 5.26 Å². The van der Waals surface area contributed by atoms with E-state index in [2.05, 4.69) is 0 Å². The third-order valence-electron chi connectivity index (χ3n) is 3.12. The summed E-state index contributed by atoms with van der Waals surface area (Å²) in [4.78, 5) is 13.5. The van der Waals surface area contributed by atoms with Gasteiger partial charge in [-0.3, -0.25) is 4.79 Å². The molecule has 0 fully saturated rings. The van der Waals surface area contributed by atoms with E-state index in [0.29, 0.717) is 12.1 Å². The van der Waals surface area contributed by atoms with E-state index in [1.54, 1.807) is 43.4 Å². The number of halogens is 1. The molecule has 4 nitrogen and oxygen atoms in total. The minimum absolute atomic E-state index is 0.0580. The van der Waals surface area contributed by atoms with Gasteiger partial charge in [-0.25, -0.2) is 4.39 Å². The predicted molar refractivity (Wildman–Crippen MR) is 79.5 cm³/mol. The Morgan fingerprint density at radius 1 is 1.23 bits per heavy atom. The first-order valence-corrected chi connectivity index (χ1v) is 6.70. The highest BCUT2D eigenvalue weighted by Gasteiger charge is 2.11. The van der Waals surface area contributed by atoms with Crippen LogP contribution in [0, 0.1) is 17.1 Å². The van der Waals surface area contributed by atoms with Crippen molar-refractivity contribution in [1.82, 2.24) is 4.90 Å². The molecule has 5 heteroatoms. The van der Waals surface area contributed by atoms with Gasteiger partial charge < -0.3 is 9.64 Å². The van der Waals surface area contributed by atoms with Gasteiger partial charge in [0.2, 0.25) is 0 Å². The lowest BCUT2D eigenvalue weighted by atomic mass is 10.1. The van der Waals surface area contributed by atoms with E-state index in [9.17, 15) is 9.18 Å². The molecule has 0 saturated heterocycles. The standard InChI is InChI=1S/C17H15FN2O2/c1-20(11-14-8-6-13(10-19)7-9-14)17(21)12-22-16-5-3-2-4-15(16)18/h2-9H,11-12H2,1H3. The molecule has 0 aliphatic rings. The lowest BCUT2D eigenvalue weighted by molar-refractivity contribution is -0.132. The van der Waals surface area contributed by atoms with Crippen molar-refractivity contribution in [2.45, 2.75) is 6.54 Å². The monoisotopic (exact) mass is 298 g/mol. The number of nitriles is 1. The summed E-state index contributed by atoms with van der Waals surface area (Å²) in [6, 6.07) is 15.0. The lowest BCUT2D eigenvalue weighted by Crippen LogP contribution is -2.31. The number of benzene rings is 2. The summed E-state index contributed by atoms with van der Waals surface area (Å²) in [7, 11) is 1.64. The molecule has 0 aliphatic heterocycles. The quantitative estimate of drug-likeness (QED) is 0.853. The van der Waals surface area contributed by atoms with Gasteiger partial charge in [0.1, 0.15) is 0 Å². The Hall–Kier alpha value is -2.87. The minimum atomic E-state index is -0.495. The van der Waals surface area contributed by atoms with Crippen molar-refractivity contribution < 1.29 is 13.9 Å². The fourth-order valence-electron chi connectivity index (χ4n) is 1.86. The molecule has 0 aliphatic carbocycles. The number of carbonyl (C=O) groups is 1. The Kier molecular flexibility index (Phi) is 5.10. The van der Waals surface area contributed by atoms with E-state index < -0.39 is 5.82 Å². The molecule has 0 spiro atoms. The second-order valence-electron chi connectivity index (χ2n) is 4.78. The first kappa shape index (κ1) is 15.5. The van der Waals surface area contributed by atoms with Gasteiger partial charge >= 0.3 is 0 Å². The number of rotatable bonds is 5. The van der Waals surface area contributed by atoms with Gasteiger partial charge in [-0.05, 0) is 29.8 Å². The van der Waals surface area contributed by atoms with Crippen LogP contribution in [0.25, 0.3) is 0 Å². The largest absolute Gasteiger partial charge is 0.481 e. The number of carbonyl (C=O) groups excluding carboxylic acids is 1. The van der Waals surface area contributed by atoms with Gasteiger partial charge in [0.05, 0.1) is 11.6 Å². The number of ether oxygens (including phenoxy) is 1. The lowest BCUT2D eigenvalue weighted by Gasteiger charge is -2.17. The molecular weight excluding hydrogens is 283 g/mol. The van der Waals surface area contributed by atoms with Crippen LogP contribution in [-0.2, 0) is 11.3 Å². The first-order chi connectivity index (χ1) is 10.6. The molecule has 0 aromatic heterocycles. The molecule has 2 rings (SSSR count). The van der Waals surface area contributed by atoms with E-state index >= 15 is 0 Å². The molecule has 0 saturated carbocycles. The molecule has 1 amide bonds. The summed E-state index contributed by atoms with van der Waals surface area (Å²) >= 11 is 0. The van der Waals surface area contributed by atoms with Crippen molar-refractivity contribution in [1.29, 1.82) is 5.26 Å². The van der Waals surface area contributed by atoms with Crippen LogP contribution in [-0.4, -0.2) is 24.5 Å². The Balaban J connectivity index is 1.89. The second-order valence-corrected chi connectivity index (χ2v) is 4.78. The number of hydrogen-bond donors (Lipinski definition) is 0. The van der Waals surface area contributed by atoms with Gasteiger partial charge in [0.25, 0.3) is 5.91 Å². The third-order valence-corrected chi connectivity index (χ3v) is 3.12. The zero-order valence-corrected chi connectivity index (χ0v) is 12.1. The van der Waals surface area contributed by atoms with Crippen LogP contribution in [0.5, 0.6) is 5.75 Å². The SMILES string of the molecule is CN(Cc1ccc(C#N)cc1)C(=O)COc1ccccc1F. The van der Waals surface area contributed by atoms with Crippen molar-refractivity contribution in [2.75, 3.05) is 13.7 Å². The average Bonchev–Trinajstić information content (AvgIpc) is 2.54. The Labute approximate surface area is 128 Å². The van der Waals surface area contributed by atoms with Crippen LogP contribution in [0.3, 0.4) is 0 Å². The highest BCUT2D eigenvalue weighted by Crippen LogP contribution is 2.15. The zero-order valence-electron chi connectivity index (χ0n) is 12.1. The summed E-state index contributed by atoms with van der Waals surface area (Å²) < 4.78 is 18.6. The first-order valence-electron chi connectivity index (χ1n) is 6.70. The van der Waals surface area contributed by atoms with Crippen LogP contribution < -0.4 is 4.74 Å². The molecule has 0 atom stereocenters. The predicted octanol–water partition coefficient (Wildman–Crippen LogP) is 2.73. The molecule has 0 unspecified atom stereocenters. The third kappa shape index (κ3) is 4.06. The highest BCUT2D eigenvalue weighted by molar-refractivity contribution is 5.77. The molecule has 0 radical (unpaired) electrons. The van der Waals surface area contributed by atoms with Crippen molar-refractivity contribution in [3.05, 3.63) is 65.5 Å². The molecule has 112 valence electrons. The van der Waals surface area contributed by atoms with E-state index in [0.717, 1.165) is 5.56 Å². The van der Waals surface area contributed by atoms with Crippen LogP contribution in [0.1, 0.15) is 11.1 Å². The zero-order chi connectivity index (χ0) is 15.9. The van der Waals surface area contributed by atoms with Gasteiger partial charge in [-0.15, -0.1) is 0 Å². The molecular formula is C17H15FN2O2. The Morgan fingerprint density at radius 2 is 1.91 bits per heavy atom. The average molecular weight is 298 g/mol.